The smallest absolute Gasteiger partial charge is 0.265 e. The van der Waals surface area contributed by atoms with Gasteiger partial charge in [0.25, 0.3) is 5.91 Å². The molecule has 6 nitrogen and oxygen atoms in total. The van der Waals surface area contributed by atoms with E-state index in [0.29, 0.717) is 17.0 Å². The number of ether oxygens (including phenoxy) is 1. The molecule has 0 bridgehead atoms. The van der Waals surface area contributed by atoms with Crippen LogP contribution in [0.3, 0.4) is 0 Å². The highest BCUT2D eigenvalue weighted by Crippen LogP contribution is 2.23. The van der Waals surface area contributed by atoms with Crippen LogP contribution in [0.2, 0.25) is 0 Å². The number of hydrogen-bond acceptors (Lipinski definition) is 5. The number of benzene rings is 2. The number of anilines is 1. The summed E-state index contributed by atoms with van der Waals surface area (Å²) < 4.78 is 7.62. The van der Waals surface area contributed by atoms with Gasteiger partial charge in [-0.05, 0) is 43.3 Å². The predicted molar refractivity (Wildman–Crippen MR) is 108 cm³/mol. The van der Waals surface area contributed by atoms with Crippen molar-refractivity contribution in [3.05, 3.63) is 71.9 Å². The Bertz CT molecular complexity index is 1130. The Morgan fingerprint density at radius 2 is 1.96 bits per heavy atom. The van der Waals surface area contributed by atoms with Gasteiger partial charge in [0.05, 0.1) is 17.3 Å². The molecule has 4 rings (SSSR count). The number of thiazole rings is 1. The van der Waals surface area contributed by atoms with E-state index in [0.717, 1.165) is 16.2 Å². The molecule has 138 valence electrons. The highest BCUT2D eigenvalue weighted by atomic mass is 32.1. The monoisotopic (exact) mass is 388 g/mol. The maximum atomic E-state index is 12.4. The van der Waals surface area contributed by atoms with Gasteiger partial charge in [0.1, 0.15) is 5.75 Å². The van der Waals surface area contributed by atoms with E-state index >= 15 is 0 Å². The molecule has 0 aliphatic heterocycles. The van der Waals surface area contributed by atoms with Crippen molar-refractivity contribution in [1.82, 2.24) is 9.38 Å². The minimum atomic E-state index is -0.674. The van der Waals surface area contributed by atoms with Crippen molar-refractivity contribution < 1.29 is 9.53 Å². The number of hydrogen-bond donors (Lipinski definition) is 1. The summed E-state index contributed by atoms with van der Waals surface area (Å²) in [5.74, 6) is 0.288. The lowest BCUT2D eigenvalue weighted by molar-refractivity contribution is -0.122. The zero-order valence-corrected chi connectivity index (χ0v) is 15.8. The molecule has 1 amide bonds. The summed E-state index contributed by atoms with van der Waals surface area (Å²) in [5, 5.41) is 13.7. The maximum Gasteiger partial charge on any atom is 0.265 e. The number of amides is 1. The first-order chi connectivity index (χ1) is 13.6. The van der Waals surface area contributed by atoms with E-state index in [1.165, 1.54) is 0 Å². The summed E-state index contributed by atoms with van der Waals surface area (Å²) in [4.78, 5) is 17.9. The number of carbonyl (C=O) groups is 1. The van der Waals surface area contributed by atoms with Crippen LogP contribution in [0.25, 0.3) is 16.2 Å². The van der Waals surface area contributed by atoms with E-state index < -0.39 is 6.10 Å². The number of nitrogens with one attached hydrogen (secondary N) is 1. The summed E-state index contributed by atoms with van der Waals surface area (Å²) in [6.45, 7) is 1.68. The van der Waals surface area contributed by atoms with Gasteiger partial charge in [-0.15, -0.1) is 11.3 Å². The first-order valence-electron chi connectivity index (χ1n) is 8.63. The average Bonchev–Trinajstić information content (AvgIpc) is 3.31. The van der Waals surface area contributed by atoms with E-state index in [1.807, 2.05) is 52.5 Å². The molecule has 0 unspecified atom stereocenters. The second kappa shape index (κ2) is 7.55. The third kappa shape index (κ3) is 3.72. The molecule has 2 aromatic carbocycles. The first kappa shape index (κ1) is 17.8. The van der Waals surface area contributed by atoms with Crippen LogP contribution in [0.15, 0.2) is 66.3 Å². The van der Waals surface area contributed by atoms with Gasteiger partial charge < -0.3 is 10.1 Å². The summed E-state index contributed by atoms with van der Waals surface area (Å²) >= 11 is 1.59. The van der Waals surface area contributed by atoms with E-state index in [-0.39, 0.29) is 5.91 Å². The van der Waals surface area contributed by atoms with Gasteiger partial charge in [-0.25, -0.2) is 4.98 Å². The van der Waals surface area contributed by atoms with E-state index in [1.54, 1.807) is 42.5 Å². The highest BCUT2D eigenvalue weighted by molar-refractivity contribution is 7.15. The van der Waals surface area contributed by atoms with Gasteiger partial charge in [-0.2, -0.15) is 5.26 Å². The Morgan fingerprint density at radius 3 is 2.64 bits per heavy atom. The van der Waals surface area contributed by atoms with Crippen LogP contribution in [-0.4, -0.2) is 21.4 Å². The molecule has 0 spiro atoms. The fraction of sp³-hybridized carbons (Fsp3) is 0.0952. The molecule has 2 aromatic heterocycles. The molecule has 4 aromatic rings. The highest BCUT2D eigenvalue weighted by Gasteiger charge is 2.15. The zero-order valence-electron chi connectivity index (χ0n) is 15.0. The summed E-state index contributed by atoms with van der Waals surface area (Å²) in [5.41, 5.74) is 3.10. The fourth-order valence-corrected chi connectivity index (χ4v) is 3.40. The molecule has 0 radical (unpaired) electrons. The molecule has 0 saturated carbocycles. The Balaban J connectivity index is 1.39. The lowest BCUT2D eigenvalue weighted by atomic mass is 10.1. The second-order valence-electron chi connectivity index (χ2n) is 6.18. The normalized spacial score (nSPS) is 11.7. The third-order valence-electron chi connectivity index (χ3n) is 4.21. The Kier molecular flexibility index (Phi) is 4.79. The summed E-state index contributed by atoms with van der Waals surface area (Å²) in [6.07, 6.45) is 3.28. The van der Waals surface area contributed by atoms with Crippen LogP contribution in [0.1, 0.15) is 12.5 Å². The maximum absolute atomic E-state index is 12.4. The lowest BCUT2D eigenvalue weighted by Crippen LogP contribution is -2.30. The molecule has 7 heteroatoms. The number of fused-ring (bicyclic) bond motifs is 1. The van der Waals surface area contributed by atoms with Gasteiger partial charge in [0.15, 0.2) is 11.1 Å². The predicted octanol–water partition coefficient (Wildman–Crippen LogP) is 4.34. The van der Waals surface area contributed by atoms with E-state index in [9.17, 15) is 4.79 Å². The van der Waals surface area contributed by atoms with Gasteiger partial charge >= 0.3 is 0 Å². The molecule has 2 heterocycles. The van der Waals surface area contributed by atoms with Crippen LogP contribution >= 0.6 is 11.3 Å². The van der Waals surface area contributed by atoms with Crippen molar-refractivity contribution in [2.45, 2.75) is 13.0 Å². The molecule has 1 atom stereocenters. The molecule has 1 N–H and O–H groups in total. The van der Waals surface area contributed by atoms with Crippen molar-refractivity contribution in [1.29, 1.82) is 5.26 Å². The molecular formula is C21H16N4O2S. The number of rotatable bonds is 5. The average molecular weight is 388 g/mol. The van der Waals surface area contributed by atoms with Gasteiger partial charge in [0.2, 0.25) is 0 Å². The molecule has 0 fully saturated rings. The molecule has 0 aliphatic rings. The summed E-state index contributed by atoms with van der Waals surface area (Å²) in [7, 11) is 0. The summed E-state index contributed by atoms with van der Waals surface area (Å²) in [6, 6.07) is 16.2. The van der Waals surface area contributed by atoms with E-state index in [2.05, 4.69) is 10.3 Å². The molecule has 28 heavy (non-hydrogen) atoms. The largest absolute Gasteiger partial charge is 0.481 e. The van der Waals surface area contributed by atoms with E-state index in [4.69, 9.17) is 10.00 Å². The Labute approximate surface area is 165 Å². The standard InChI is InChI=1S/C21H16N4O2S/c1-14(27-18-8-2-15(12-22)3-9-18)20(26)23-17-6-4-16(5-7-17)19-13-25-10-11-28-21(25)24-19/h2-11,13-14H,1H3,(H,23,26)/t14-/m1/s1. The van der Waals surface area contributed by atoms with Crippen LogP contribution in [0, 0.1) is 11.3 Å². The minimum Gasteiger partial charge on any atom is -0.481 e. The molecule has 0 aliphatic carbocycles. The van der Waals surface area contributed by atoms with Crippen molar-refractivity contribution in [3.8, 4) is 23.1 Å². The Morgan fingerprint density at radius 1 is 1.21 bits per heavy atom. The number of aromatic nitrogens is 2. The molecular weight excluding hydrogens is 372 g/mol. The SMILES string of the molecule is C[C@@H](Oc1ccc(C#N)cc1)C(=O)Nc1ccc(-c2cn3ccsc3n2)cc1. The van der Waals surface area contributed by atoms with Crippen molar-refractivity contribution in [2.75, 3.05) is 5.32 Å². The second-order valence-corrected chi connectivity index (χ2v) is 7.05. The van der Waals surface area contributed by atoms with Crippen LogP contribution in [0.4, 0.5) is 5.69 Å². The third-order valence-corrected chi connectivity index (χ3v) is 4.98. The number of imidazole rings is 1. The number of nitrogens with zero attached hydrogens (tertiary/aromatic N) is 3. The van der Waals surface area contributed by atoms with Gasteiger partial charge in [0, 0.05) is 29.0 Å². The minimum absolute atomic E-state index is 0.250. The zero-order chi connectivity index (χ0) is 19.5. The fourth-order valence-electron chi connectivity index (χ4n) is 2.70. The molecule has 0 saturated heterocycles. The van der Waals surface area contributed by atoms with Gasteiger partial charge in [-0.1, -0.05) is 12.1 Å². The van der Waals surface area contributed by atoms with Crippen LogP contribution in [0.5, 0.6) is 5.75 Å². The lowest BCUT2D eigenvalue weighted by Gasteiger charge is -2.15. The van der Waals surface area contributed by atoms with Crippen molar-refractivity contribution in [3.63, 3.8) is 0 Å². The van der Waals surface area contributed by atoms with Gasteiger partial charge in [-0.3, -0.25) is 9.20 Å². The van der Waals surface area contributed by atoms with Crippen molar-refractivity contribution >= 4 is 27.9 Å². The number of carbonyl (C=O) groups excluding carboxylic acids is 1. The van der Waals surface area contributed by atoms with Crippen LogP contribution < -0.4 is 10.1 Å². The van der Waals surface area contributed by atoms with Crippen molar-refractivity contribution in [2.24, 2.45) is 0 Å². The Hall–Kier alpha value is -3.63. The van der Waals surface area contributed by atoms with Crippen LogP contribution in [-0.2, 0) is 4.79 Å². The number of nitriles is 1. The topological polar surface area (TPSA) is 79.4 Å². The quantitative estimate of drug-likeness (QED) is 0.551. The first-order valence-corrected chi connectivity index (χ1v) is 9.51.